The van der Waals surface area contributed by atoms with Crippen molar-refractivity contribution in [3.63, 3.8) is 0 Å². The Labute approximate surface area is 123 Å². The predicted molar refractivity (Wildman–Crippen MR) is 81.2 cm³/mol. The molecule has 0 amide bonds. The van der Waals surface area contributed by atoms with Crippen molar-refractivity contribution in [2.24, 2.45) is 5.41 Å². The molecule has 0 saturated heterocycles. The minimum Gasteiger partial charge on any atom is -0.481 e. The second kappa shape index (κ2) is 7.06. The van der Waals surface area contributed by atoms with Gasteiger partial charge >= 0.3 is 5.97 Å². The van der Waals surface area contributed by atoms with Crippen LogP contribution in [0.3, 0.4) is 0 Å². The van der Waals surface area contributed by atoms with Gasteiger partial charge in [-0.15, -0.1) is 0 Å². The van der Waals surface area contributed by atoms with Gasteiger partial charge in [0.2, 0.25) is 0 Å². The predicted octanol–water partition coefficient (Wildman–Crippen LogP) is 3.74. The van der Waals surface area contributed by atoms with Crippen LogP contribution in [0.2, 0.25) is 0 Å². The molecule has 0 aliphatic carbocycles. The highest BCUT2D eigenvalue weighted by molar-refractivity contribution is 9.10. The number of hydrogen-bond acceptors (Lipinski definition) is 2. The summed E-state index contributed by atoms with van der Waals surface area (Å²) in [7, 11) is 0. The van der Waals surface area contributed by atoms with Crippen molar-refractivity contribution in [1.82, 2.24) is 5.32 Å². The molecule has 0 aliphatic rings. The second-order valence-corrected chi connectivity index (χ2v) is 5.83. The molecule has 0 fully saturated rings. The Morgan fingerprint density at radius 1 is 1.37 bits per heavy atom. The van der Waals surface area contributed by atoms with Crippen molar-refractivity contribution in [2.45, 2.75) is 40.2 Å². The zero-order valence-corrected chi connectivity index (χ0v) is 13.4. The number of aryl methyl sites for hydroxylation is 1. The van der Waals surface area contributed by atoms with Gasteiger partial charge in [0.15, 0.2) is 0 Å². The summed E-state index contributed by atoms with van der Waals surface area (Å²) in [5, 5.41) is 12.6. The molecule has 3 nitrogen and oxygen atoms in total. The van der Waals surface area contributed by atoms with Crippen LogP contribution in [0.25, 0.3) is 0 Å². The summed E-state index contributed by atoms with van der Waals surface area (Å²) in [6, 6.07) is 6.18. The molecule has 1 aromatic carbocycles. The Kier molecular flexibility index (Phi) is 6.01. The SMILES string of the molecule is CCC(CC)(CNCc1ccc(Br)c(C)c1)C(=O)O. The lowest BCUT2D eigenvalue weighted by atomic mass is 9.82. The number of rotatable bonds is 7. The average Bonchev–Trinajstić information content (AvgIpc) is 2.39. The maximum Gasteiger partial charge on any atom is 0.310 e. The number of hydrogen-bond donors (Lipinski definition) is 2. The second-order valence-electron chi connectivity index (χ2n) is 4.98. The molecule has 106 valence electrons. The summed E-state index contributed by atoms with van der Waals surface area (Å²) < 4.78 is 1.10. The van der Waals surface area contributed by atoms with Crippen molar-refractivity contribution in [1.29, 1.82) is 0 Å². The smallest absolute Gasteiger partial charge is 0.310 e. The van der Waals surface area contributed by atoms with Gasteiger partial charge in [-0.2, -0.15) is 0 Å². The fraction of sp³-hybridized carbons (Fsp3) is 0.533. The van der Waals surface area contributed by atoms with Crippen molar-refractivity contribution in [2.75, 3.05) is 6.54 Å². The molecule has 0 radical (unpaired) electrons. The van der Waals surface area contributed by atoms with Crippen molar-refractivity contribution < 1.29 is 9.90 Å². The Morgan fingerprint density at radius 3 is 2.47 bits per heavy atom. The van der Waals surface area contributed by atoms with Gasteiger partial charge in [-0.05, 0) is 37.0 Å². The van der Waals surface area contributed by atoms with Gasteiger partial charge < -0.3 is 10.4 Å². The first-order chi connectivity index (χ1) is 8.95. The van der Waals surface area contributed by atoms with E-state index in [0.29, 0.717) is 25.9 Å². The zero-order chi connectivity index (χ0) is 14.5. The van der Waals surface area contributed by atoms with E-state index in [1.54, 1.807) is 0 Å². The third-order valence-corrected chi connectivity index (χ3v) is 4.71. The van der Waals surface area contributed by atoms with Crippen LogP contribution in [-0.4, -0.2) is 17.6 Å². The number of carboxylic acids is 1. The number of carboxylic acid groups (broad SMARTS) is 1. The highest BCUT2D eigenvalue weighted by Crippen LogP contribution is 2.26. The molecule has 0 heterocycles. The lowest BCUT2D eigenvalue weighted by Crippen LogP contribution is -2.40. The van der Waals surface area contributed by atoms with E-state index in [0.717, 1.165) is 4.47 Å². The topological polar surface area (TPSA) is 49.3 Å². The third kappa shape index (κ3) is 4.05. The molecule has 0 bridgehead atoms. The Balaban J connectivity index is 2.61. The highest BCUT2D eigenvalue weighted by atomic mass is 79.9. The average molecular weight is 328 g/mol. The van der Waals surface area contributed by atoms with Crippen LogP contribution in [0.1, 0.15) is 37.8 Å². The Hall–Kier alpha value is -0.870. The van der Waals surface area contributed by atoms with Crippen LogP contribution in [-0.2, 0) is 11.3 Å². The molecule has 2 N–H and O–H groups in total. The summed E-state index contributed by atoms with van der Waals surface area (Å²) in [6.45, 7) is 7.12. The monoisotopic (exact) mass is 327 g/mol. The van der Waals surface area contributed by atoms with Crippen molar-refractivity contribution >= 4 is 21.9 Å². The van der Waals surface area contributed by atoms with E-state index in [-0.39, 0.29) is 0 Å². The van der Waals surface area contributed by atoms with Gasteiger partial charge in [-0.3, -0.25) is 4.79 Å². The van der Waals surface area contributed by atoms with Gasteiger partial charge in [0, 0.05) is 17.6 Å². The molecular weight excluding hydrogens is 306 g/mol. The van der Waals surface area contributed by atoms with Gasteiger partial charge in [-0.1, -0.05) is 41.9 Å². The summed E-state index contributed by atoms with van der Waals surface area (Å²) in [5.74, 6) is -0.711. The highest BCUT2D eigenvalue weighted by Gasteiger charge is 2.34. The number of aliphatic carboxylic acids is 1. The van der Waals surface area contributed by atoms with E-state index in [1.807, 2.05) is 32.9 Å². The fourth-order valence-corrected chi connectivity index (χ4v) is 2.39. The van der Waals surface area contributed by atoms with Crippen LogP contribution >= 0.6 is 15.9 Å². The largest absolute Gasteiger partial charge is 0.481 e. The van der Waals surface area contributed by atoms with Crippen LogP contribution < -0.4 is 5.32 Å². The van der Waals surface area contributed by atoms with E-state index >= 15 is 0 Å². The van der Waals surface area contributed by atoms with E-state index < -0.39 is 11.4 Å². The van der Waals surface area contributed by atoms with Gasteiger partial charge in [0.05, 0.1) is 5.41 Å². The maximum absolute atomic E-state index is 11.4. The Morgan fingerprint density at radius 2 is 2.00 bits per heavy atom. The van der Waals surface area contributed by atoms with Gasteiger partial charge in [-0.25, -0.2) is 0 Å². The van der Waals surface area contributed by atoms with Crippen LogP contribution in [0.4, 0.5) is 0 Å². The molecule has 0 spiro atoms. The fourth-order valence-electron chi connectivity index (χ4n) is 2.14. The summed E-state index contributed by atoms with van der Waals surface area (Å²) in [6.07, 6.45) is 1.29. The maximum atomic E-state index is 11.4. The summed E-state index contributed by atoms with van der Waals surface area (Å²) >= 11 is 3.47. The first kappa shape index (κ1) is 16.2. The van der Waals surface area contributed by atoms with E-state index in [1.165, 1.54) is 11.1 Å². The number of carbonyl (C=O) groups is 1. The molecule has 19 heavy (non-hydrogen) atoms. The Bertz CT molecular complexity index is 442. The number of nitrogens with one attached hydrogen (secondary N) is 1. The molecule has 0 atom stereocenters. The first-order valence-corrected chi connectivity index (χ1v) is 7.43. The zero-order valence-electron chi connectivity index (χ0n) is 11.8. The van der Waals surface area contributed by atoms with Crippen molar-refractivity contribution in [3.05, 3.63) is 33.8 Å². The third-order valence-electron chi connectivity index (χ3n) is 3.82. The number of halogens is 1. The molecule has 1 rings (SSSR count). The quantitative estimate of drug-likeness (QED) is 0.802. The van der Waals surface area contributed by atoms with Crippen LogP contribution in [0.15, 0.2) is 22.7 Å². The minimum atomic E-state index is -0.711. The number of benzene rings is 1. The molecule has 0 aliphatic heterocycles. The van der Waals surface area contributed by atoms with Gasteiger partial charge in [0.1, 0.15) is 0 Å². The van der Waals surface area contributed by atoms with Crippen LogP contribution in [0, 0.1) is 12.3 Å². The van der Waals surface area contributed by atoms with E-state index in [4.69, 9.17) is 0 Å². The molecule has 4 heteroatoms. The van der Waals surface area contributed by atoms with E-state index in [9.17, 15) is 9.90 Å². The molecule has 0 unspecified atom stereocenters. The first-order valence-electron chi connectivity index (χ1n) is 6.64. The van der Waals surface area contributed by atoms with Crippen molar-refractivity contribution in [3.8, 4) is 0 Å². The molecular formula is C15H22BrNO2. The van der Waals surface area contributed by atoms with E-state index in [2.05, 4.69) is 27.3 Å². The molecule has 0 saturated carbocycles. The van der Waals surface area contributed by atoms with Gasteiger partial charge in [0.25, 0.3) is 0 Å². The van der Waals surface area contributed by atoms with Crippen LogP contribution in [0.5, 0.6) is 0 Å². The lowest BCUT2D eigenvalue weighted by molar-refractivity contribution is -0.149. The molecule has 1 aromatic rings. The summed E-state index contributed by atoms with van der Waals surface area (Å²) in [4.78, 5) is 11.4. The standard InChI is InChI=1S/C15H22BrNO2/c1-4-15(5-2,14(18)19)10-17-9-12-6-7-13(16)11(3)8-12/h6-8,17H,4-5,9-10H2,1-3H3,(H,18,19). The summed E-state index contributed by atoms with van der Waals surface area (Å²) in [5.41, 5.74) is 1.71. The molecule has 0 aromatic heterocycles. The minimum absolute atomic E-state index is 0.504. The normalized spacial score (nSPS) is 11.6. The lowest BCUT2D eigenvalue weighted by Gasteiger charge is -2.27.